The van der Waals surface area contributed by atoms with Crippen LogP contribution in [-0.4, -0.2) is 19.1 Å². The monoisotopic (exact) mass is 333 g/mol. The van der Waals surface area contributed by atoms with Crippen molar-refractivity contribution in [1.82, 2.24) is 0 Å². The first-order valence-corrected chi connectivity index (χ1v) is 8.65. The molecule has 1 aliphatic rings. The van der Waals surface area contributed by atoms with Crippen molar-refractivity contribution in [2.75, 3.05) is 18.5 Å². The number of hydrogen-bond donors (Lipinski definition) is 1. The molecule has 1 heterocycles. The summed E-state index contributed by atoms with van der Waals surface area (Å²) in [6.07, 6.45) is 0. The second-order valence-electron chi connectivity index (χ2n) is 4.79. The molecule has 0 bridgehead atoms. The van der Waals surface area contributed by atoms with Gasteiger partial charge >= 0.3 is 7.60 Å². The lowest BCUT2D eigenvalue weighted by atomic mass is 9.87. The van der Waals surface area contributed by atoms with Crippen LogP contribution in [-0.2, 0) is 23.6 Å². The molecule has 1 aromatic rings. The lowest BCUT2D eigenvalue weighted by molar-refractivity contribution is -0.119. The van der Waals surface area contributed by atoms with Crippen molar-refractivity contribution in [3.63, 3.8) is 0 Å². The molecule has 1 unspecified atom stereocenters. The normalized spacial score (nSPS) is 19.8. The number of anilines is 1. The Kier molecular flexibility index (Phi) is 4.87. The predicted molar refractivity (Wildman–Crippen MR) is 82.3 cm³/mol. The highest BCUT2D eigenvalue weighted by atomic mass is 31.2. The number of carbonyl (C=O) groups excluding carboxylic acids is 1. The number of carbonyl (C=O) groups is 1. The second kappa shape index (κ2) is 6.52. The van der Waals surface area contributed by atoms with Crippen molar-refractivity contribution in [3.05, 3.63) is 29.8 Å². The Labute approximate surface area is 134 Å². The van der Waals surface area contributed by atoms with Crippen molar-refractivity contribution in [2.45, 2.75) is 19.0 Å². The molecule has 0 saturated heterocycles. The van der Waals surface area contributed by atoms with Gasteiger partial charge in [0, 0.05) is 11.3 Å². The topological polar surface area (TPSA) is 112 Å². The molecule has 0 fully saturated rings. The molecule has 7 nitrogen and oxygen atoms in total. The lowest BCUT2D eigenvalue weighted by Gasteiger charge is -2.34. The number of nitrogens with one attached hydrogen (secondary N) is 1. The maximum Gasteiger partial charge on any atom is 0.353 e. The van der Waals surface area contributed by atoms with Gasteiger partial charge in [0.15, 0.2) is 5.92 Å². The van der Waals surface area contributed by atoms with E-state index >= 15 is 0 Å². The van der Waals surface area contributed by atoms with Gasteiger partial charge in [0.2, 0.25) is 11.1 Å². The summed E-state index contributed by atoms with van der Waals surface area (Å²) in [5, 5.41) is 19.4. The molecule has 1 N–H and O–H groups in total. The Morgan fingerprint density at radius 3 is 2.30 bits per heavy atom. The molecule has 8 heteroatoms. The van der Waals surface area contributed by atoms with E-state index in [-0.39, 0.29) is 18.8 Å². The number of nitriles is 2. The summed E-state index contributed by atoms with van der Waals surface area (Å²) in [4.78, 5) is 12.8. The molecule has 0 spiro atoms. The highest BCUT2D eigenvalue weighted by Gasteiger charge is 2.67. The van der Waals surface area contributed by atoms with Gasteiger partial charge in [0.05, 0.1) is 25.4 Å². The molecule has 23 heavy (non-hydrogen) atoms. The van der Waals surface area contributed by atoms with E-state index in [0.717, 1.165) is 0 Å². The van der Waals surface area contributed by atoms with E-state index in [4.69, 9.17) is 9.05 Å². The van der Waals surface area contributed by atoms with E-state index in [0.29, 0.717) is 5.69 Å². The van der Waals surface area contributed by atoms with Gasteiger partial charge in [-0.25, -0.2) is 0 Å². The van der Waals surface area contributed by atoms with E-state index < -0.39 is 24.6 Å². The van der Waals surface area contributed by atoms with Crippen molar-refractivity contribution in [1.29, 1.82) is 10.5 Å². The maximum absolute atomic E-state index is 13.5. The summed E-state index contributed by atoms with van der Waals surface area (Å²) < 4.78 is 24.1. The molecule has 0 aromatic heterocycles. The quantitative estimate of drug-likeness (QED) is 0.801. The Morgan fingerprint density at radius 1 is 1.22 bits per heavy atom. The van der Waals surface area contributed by atoms with Crippen molar-refractivity contribution < 1.29 is 18.4 Å². The number of hydrogen-bond acceptors (Lipinski definition) is 6. The van der Waals surface area contributed by atoms with Crippen molar-refractivity contribution in [3.8, 4) is 12.1 Å². The SMILES string of the molecule is CCOP(=O)(OCC)C1(C(C#N)C#N)C(=O)Nc2ccccc21. The van der Waals surface area contributed by atoms with Gasteiger partial charge in [-0.15, -0.1) is 0 Å². The zero-order chi connectivity index (χ0) is 17.1. The predicted octanol–water partition coefficient (Wildman–Crippen LogP) is 2.76. The minimum atomic E-state index is -4.13. The van der Waals surface area contributed by atoms with Crippen molar-refractivity contribution >= 4 is 19.2 Å². The zero-order valence-corrected chi connectivity index (χ0v) is 13.7. The highest BCUT2D eigenvalue weighted by molar-refractivity contribution is 7.56. The third-order valence-corrected chi connectivity index (χ3v) is 6.40. The molecule has 0 aliphatic carbocycles. The number of amides is 1. The van der Waals surface area contributed by atoms with Gasteiger partial charge in [-0.1, -0.05) is 18.2 Å². The van der Waals surface area contributed by atoms with Crippen LogP contribution in [0.25, 0.3) is 0 Å². The van der Waals surface area contributed by atoms with Gasteiger partial charge in [-0.3, -0.25) is 9.36 Å². The van der Waals surface area contributed by atoms with Crippen LogP contribution in [0, 0.1) is 28.6 Å². The number of fused-ring (bicyclic) bond motifs is 1. The van der Waals surface area contributed by atoms with E-state index in [2.05, 4.69) is 5.32 Å². The van der Waals surface area contributed by atoms with E-state index in [1.54, 1.807) is 50.3 Å². The summed E-state index contributed by atoms with van der Waals surface area (Å²) in [5.41, 5.74) is 0.677. The lowest BCUT2D eigenvalue weighted by Crippen LogP contribution is -2.42. The van der Waals surface area contributed by atoms with E-state index in [1.165, 1.54) is 0 Å². The summed E-state index contributed by atoms with van der Waals surface area (Å²) in [5.74, 6) is -2.24. The third kappa shape index (κ3) is 2.34. The van der Waals surface area contributed by atoms with Gasteiger partial charge in [0.1, 0.15) is 0 Å². The fourth-order valence-electron chi connectivity index (χ4n) is 2.78. The molecule has 2 rings (SSSR count). The summed E-state index contributed by atoms with van der Waals surface area (Å²) in [7, 11) is -4.13. The van der Waals surface area contributed by atoms with Crippen LogP contribution in [0.15, 0.2) is 24.3 Å². The molecule has 1 aromatic carbocycles. The van der Waals surface area contributed by atoms with Crippen LogP contribution in [0.2, 0.25) is 0 Å². The fourth-order valence-corrected chi connectivity index (χ4v) is 5.17. The Morgan fingerprint density at radius 2 is 1.78 bits per heavy atom. The number of benzene rings is 1. The average molecular weight is 333 g/mol. The van der Waals surface area contributed by atoms with Crippen LogP contribution in [0.1, 0.15) is 19.4 Å². The number of rotatable bonds is 6. The van der Waals surface area contributed by atoms with Gasteiger partial charge in [-0.05, 0) is 19.9 Å². The zero-order valence-electron chi connectivity index (χ0n) is 12.8. The average Bonchev–Trinajstić information content (AvgIpc) is 2.83. The molecule has 120 valence electrons. The summed E-state index contributed by atoms with van der Waals surface area (Å²) in [6.45, 7) is 3.23. The molecule has 0 radical (unpaired) electrons. The first-order chi connectivity index (χ1) is 11.0. The Balaban J connectivity index is 2.84. The second-order valence-corrected chi connectivity index (χ2v) is 7.01. The maximum atomic E-state index is 13.5. The minimum Gasteiger partial charge on any atom is -0.324 e. The van der Waals surface area contributed by atoms with Crippen LogP contribution in [0.5, 0.6) is 0 Å². The first kappa shape index (κ1) is 17.2. The Bertz CT molecular complexity index is 728. The largest absolute Gasteiger partial charge is 0.353 e. The van der Waals surface area contributed by atoms with Crippen molar-refractivity contribution in [2.24, 2.45) is 5.92 Å². The molecule has 1 aliphatic heterocycles. The van der Waals surface area contributed by atoms with Crippen LogP contribution < -0.4 is 5.32 Å². The van der Waals surface area contributed by atoms with E-state index in [1.807, 2.05) is 0 Å². The smallest absolute Gasteiger partial charge is 0.324 e. The third-order valence-electron chi connectivity index (χ3n) is 3.64. The minimum absolute atomic E-state index is 0.0120. The van der Waals surface area contributed by atoms with Gasteiger partial charge < -0.3 is 14.4 Å². The number of nitrogens with zero attached hydrogens (tertiary/aromatic N) is 2. The summed E-state index contributed by atoms with van der Waals surface area (Å²) in [6, 6.07) is 10.0. The number of para-hydroxylation sites is 1. The van der Waals surface area contributed by atoms with Crippen LogP contribution in [0.3, 0.4) is 0 Å². The van der Waals surface area contributed by atoms with Crippen LogP contribution >= 0.6 is 7.60 Å². The van der Waals surface area contributed by atoms with Gasteiger partial charge in [0.25, 0.3) is 0 Å². The standard InChI is InChI=1S/C15H16N3O4P/c1-3-21-23(20,22-4-2)15(11(9-16)10-17)12-7-5-6-8-13(12)18-14(15)19/h5-8,11H,3-4H2,1-2H3,(H,18,19). The summed E-state index contributed by atoms with van der Waals surface area (Å²) >= 11 is 0. The first-order valence-electron chi connectivity index (χ1n) is 7.11. The highest BCUT2D eigenvalue weighted by Crippen LogP contribution is 2.70. The Hall–Kier alpha value is -2.18. The van der Waals surface area contributed by atoms with Crippen LogP contribution in [0.4, 0.5) is 5.69 Å². The molecule has 0 saturated carbocycles. The molecule has 1 atom stereocenters. The molecular weight excluding hydrogens is 317 g/mol. The van der Waals surface area contributed by atoms with Gasteiger partial charge in [-0.2, -0.15) is 10.5 Å². The van der Waals surface area contributed by atoms with E-state index in [9.17, 15) is 19.9 Å². The molecule has 1 amide bonds. The molecular formula is C15H16N3O4P. The fraction of sp³-hybridized carbons (Fsp3) is 0.400.